The van der Waals surface area contributed by atoms with Gasteiger partial charge in [0.25, 0.3) is 0 Å². The van der Waals surface area contributed by atoms with Gasteiger partial charge >= 0.3 is 0 Å². The molecule has 0 atom stereocenters. The summed E-state index contributed by atoms with van der Waals surface area (Å²) in [5.41, 5.74) is 1.83. The maximum atomic E-state index is 5.29. The van der Waals surface area contributed by atoms with Crippen LogP contribution in [0.2, 0.25) is 0 Å². The number of nitrogens with zero attached hydrogens (tertiary/aromatic N) is 3. The first-order valence-electron chi connectivity index (χ1n) is 6.70. The molecule has 0 bridgehead atoms. The van der Waals surface area contributed by atoms with Crippen LogP contribution in [0, 0.1) is 0 Å². The quantitative estimate of drug-likeness (QED) is 0.680. The summed E-state index contributed by atoms with van der Waals surface area (Å²) in [6.45, 7) is 0. The number of pyridine rings is 1. The summed E-state index contributed by atoms with van der Waals surface area (Å²) in [4.78, 5) is 8.67. The van der Waals surface area contributed by atoms with E-state index < -0.39 is 0 Å². The van der Waals surface area contributed by atoms with Crippen molar-refractivity contribution in [3.05, 3.63) is 54.4 Å². The Hall–Kier alpha value is -2.54. The van der Waals surface area contributed by atoms with Gasteiger partial charge in [0.2, 0.25) is 11.1 Å². The highest BCUT2D eigenvalue weighted by molar-refractivity contribution is 7.98. The monoisotopic (exact) mass is 313 g/mol. The molecule has 7 heteroatoms. The fourth-order valence-electron chi connectivity index (χ4n) is 1.86. The molecule has 0 saturated carbocycles. The molecule has 0 aliphatic carbocycles. The van der Waals surface area contributed by atoms with Gasteiger partial charge in [-0.2, -0.15) is 4.98 Å². The smallest absolute Gasteiger partial charge is 0.224 e. The third-order valence-electron chi connectivity index (χ3n) is 2.90. The Morgan fingerprint density at radius 3 is 2.86 bits per heavy atom. The first-order chi connectivity index (χ1) is 10.8. The minimum Gasteiger partial charge on any atom is -0.495 e. The molecule has 1 aromatic carbocycles. The van der Waals surface area contributed by atoms with E-state index in [1.807, 2.05) is 42.5 Å². The topological polar surface area (TPSA) is 75.7 Å². The fraction of sp³-hybridized carbons (Fsp3) is 0.133. The van der Waals surface area contributed by atoms with Crippen LogP contribution in [0.15, 0.2) is 53.8 Å². The van der Waals surface area contributed by atoms with Crippen molar-refractivity contribution >= 4 is 23.4 Å². The maximum Gasteiger partial charge on any atom is 0.224 e. The van der Waals surface area contributed by atoms with Gasteiger partial charge in [0, 0.05) is 11.9 Å². The van der Waals surface area contributed by atoms with Crippen LogP contribution in [-0.2, 0) is 5.75 Å². The molecule has 0 amide bonds. The molecular formula is C15H15N5OS. The third-order valence-corrected chi connectivity index (χ3v) is 3.78. The van der Waals surface area contributed by atoms with Gasteiger partial charge < -0.3 is 10.1 Å². The Morgan fingerprint density at radius 2 is 2.05 bits per heavy atom. The van der Waals surface area contributed by atoms with Crippen LogP contribution in [-0.4, -0.2) is 27.3 Å². The largest absolute Gasteiger partial charge is 0.495 e. The zero-order valence-electron chi connectivity index (χ0n) is 12.0. The standard InChI is InChI=1S/C15H15N5OS/c1-21-13-8-3-2-7-12(13)17-14-18-15(20-19-14)22-10-11-6-4-5-9-16-11/h2-9H,10H2,1H3,(H2,17,18,19,20). The molecule has 3 aromatic rings. The first-order valence-corrected chi connectivity index (χ1v) is 7.69. The second-order valence-corrected chi connectivity index (χ2v) is 5.34. The Balaban J connectivity index is 1.64. The van der Waals surface area contributed by atoms with Crippen LogP contribution < -0.4 is 10.1 Å². The van der Waals surface area contributed by atoms with Gasteiger partial charge in [0.05, 0.1) is 18.5 Å². The number of ether oxygens (including phenoxy) is 1. The van der Waals surface area contributed by atoms with Gasteiger partial charge in [-0.15, -0.1) is 5.10 Å². The second kappa shape index (κ2) is 6.95. The van der Waals surface area contributed by atoms with E-state index in [2.05, 4.69) is 25.5 Å². The van der Waals surface area contributed by atoms with Crippen molar-refractivity contribution in [2.75, 3.05) is 12.4 Å². The van der Waals surface area contributed by atoms with Crippen molar-refractivity contribution in [3.8, 4) is 5.75 Å². The molecule has 6 nitrogen and oxygen atoms in total. The first kappa shape index (κ1) is 14.4. The maximum absolute atomic E-state index is 5.29. The predicted molar refractivity (Wildman–Crippen MR) is 86.5 cm³/mol. The number of para-hydroxylation sites is 2. The number of thioether (sulfide) groups is 1. The number of H-pyrrole nitrogens is 1. The Bertz CT molecular complexity index is 732. The molecule has 0 saturated heterocycles. The molecule has 0 spiro atoms. The van der Waals surface area contributed by atoms with Crippen molar-refractivity contribution < 1.29 is 4.74 Å². The van der Waals surface area contributed by atoms with Gasteiger partial charge in [-0.25, -0.2) is 5.10 Å². The highest BCUT2D eigenvalue weighted by Crippen LogP contribution is 2.26. The van der Waals surface area contributed by atoms with Crippen molar-refractivity contribution in [2.24, 2.45) is 0 Å². The van der Waals surface area contributed by atoms with Gasteiger partial charge in [0.15, 0.2) is 0 Å². The lowest BCUT2D eigenvalue weighted by Crippen LogP contribution is -1.95. The molecule has 112 valence electrons. The van der Waals surface area contributed by atoms with Crippen LogP contribution in [0.3, 0.4) is 0 Å². The van der Waals surface area contributed by atoms with Crippen molar-refractivity contribution in [1.82, 2.24) is 20.2 Å². The van der Waals surface area contributed by atoms with Gasteiger partial charge in [-0.3, -0.25) is 4.98 Å². The van der Waals surface area contributed by atoms with Crippen LogP contribution in [0.4, 0.5) is 11.6 Å². The van der Waals surface area contributed by atoms with Crippen molar-refractivity contribution in [3.63, 3.8) is 0 Å². The van der Waals surface area contributed by atoms with Crippen LogP contribution in [0.25, 0.3) is 0 Å². The summed E-state index contributed by atoms with van der Waals surface area (Å²) in [6, 6.07) is 13.5. The van der Waals surface area contributed by atoms with Crippen LogP contribution in [0.1, 0.15) is 5.69 Å². The second-order valence-electron chi connectivity index (χ2n) is 4.40. The summed E-state index contributed by atoms with van der Waals surface area (Å²) >= 11 is 1.53. The molecule has 2 N–H and O–H groups in total. The highest BCUT2D eigenvalue weighted by Gasteiger charge is 2.07. The number of benzene rings is 1. The average molecular weight is 313 g/mol. The number of nitrogens with one attached hydrogen (secondary N) is 2. The molecule has 0 aliphatic rings. The van der Waals surface area contributed by atoms with Crippen molar-refractivity contribution in [1.29, 1.82) is 0 Å². The minimum atomic E-state index is 0.577. The Kier molecular flexibility index (Phi) is 4.55. The van der Waals surface area contributed by atoms with Gasteiger partial charge in [0.1, 0.15) is 5.75 Å². The van der Waals surface area contributed by atoms with E-state index in [9.17, 15) is 0 Å². The average Bonchev–Trinajstić information content (AvgIpc) is 3.02. The predicted octanol–water partition coefficient (Wildman–Crippen LogP) is 3.24. The number of hydrogen-bond acceptors (Lipinski definition) is 6. The zero-order valence-corrected chi connectivity index (χ0v) is 12.8. The number of rotatable bonds is 6. The molecule has 22 heavy (non-hydrogen) atoms. The summed E-state index contributed by atoms with van der Waals surface area (Å²) in [7, 11) is 1.63. The lowest BCUT2D eigenvalue weighted by atomic mass is 10.3. The summed E-state index contributed by atoms with van der Waals surface area (Å²) in [5.74, 6) is 2.06. The molecule has 0 aliphatic heterocycles. The van der Waals surface area contributed by atoms with E-state index >= 15 is 0 Å². The fourth-order valence-corrected chi connectivity index (χ4v) is 2.58. The lowest BCUT2D eigenvalue weighted by molar-refractivity contribution is 0.417. The number of anilines is 2. The summed E-state index contributed by atoms with van der Waals surface area (Å²) in [5, 5.41) is 10.9. The normalized spacial score (nSPS) is 10.4. The van der Waals surface area contributed by atoms with Gasteiger partial charge in [-0.05, 0) is 24.3 Å². The third kappa shape index (κ3) is 3.56. The van der Waals surface area contributed by atoms with E-state index in [0.717, 1.165) is 22.9 Å². The molecular weight excluding hydrogens is 298 g/mol. The van der Waals surface area contributed by atoms with Crippen molar-refractivity contribution in [2.45, 2.75) is 10.9 Å². The molecule has 0 radical (unpaired) electrons. The van der Waals surface area contributed by atoms with Crippen LogP contribution >= 0.6 is 11.8 Å². The van der Waals surface area contributed by atoms with E-state index in [0.29, 0.717) is 11.1 Å². The number of aromatic amines is 1. The number of aromatic nitrogens is 4. The van der Waals surface area contributed by atoms with E-state index in [1.165, 1.54) is 11.8 Å². The van der Waals surface area contributed by atoms with E-state index in [1.54, 1.807) is 13.3 Å². The molecule has 2 heterocycles. The molecule has 0 fully saturated rings. The molecule has 2 aromatic heterocycles. The SMILES string of the molecule is COc1ccccc1Nc1nc(SCc2ccccn2)n[nH]1. The van der Waals surface area contributed by atoms with E-state index in [-0.39, 0.29) is 0 Å². The lowest BCUT2D eigenvalue weighted by Gasteiger charge is -2.07. The van der Waals surface area contributed by atoms with Crippen LogP contribution in [0.5, 0.6) is 5.75 Å². The highest BCUT2D eigenvalue weighted by atomic mass is 32.2. The Labute approximate surface area is 132 Å². The number of hydrogen-bond donors (Lipinski definition) is 2. The zero-order chi connectivity index (χ0) is 15.2. The summed E-state index contributed by atoms with van der Waals surface area (Å²) < 4.78 is 5.29. The summed E-state index contributed by atoms with van der Waals surface area (Å²) in [6.07, 6.45) is 1.78. The van der Waals surface area contributed by atoms with Gasteiger partial charge in [-0.1, -0.05) is 30.0 Å². The molecule has 0 unspecified atom stereocenters. The van der Waals surface area contributed by atoms with E-state index in [4.69, 9.17) is 4.74 Å². The number of methoxy groups -OCH3 is 1. The minimum absolute atomic E-state index is 0.577. The molecule has 3 rings (SSSR count). The Morgan fingerprint density at radius 1 is 1.18 bits per heavy atom.